The van der Waals surface area contributed by atoms with Crippen molar-refractivity contribution in [1.82, 2.24) is 0 Å². The van der Waals surface area contributed by atoms with Gasteiger partial charge in [0, 0.05) is 5.56 Å². The van der Waals surface area contributed by atoms with Gasteiger partial charge in [0.1, 0.15) is 0 Å². The number of benzene rings is 3. The van der Waals surface area contributed by atoms with Crippen LogP contribution in [0, 0.1) is 5.82 Å². The van der Waals surface area contributed by atoms with E-state index in [9.17, 15) is 14.0 Å². The van der Waals surface area contributed by atoms with E-state index < -0.39 is 24.2 Å². The van der Waals surface area contributed by atoms with Gasteiger partial charge < -0.3 is 9.47 Å². The topological polar surface area (TPSA) is 52.6 Å². The normalized spacial score (nSPS) is 10.3. The van der Waals surface area contributed by atoms with Crippen molar-refractivity contribution in [2.24, 2.45) is 0 Å². The molecular formula is C22H17FO4. The second kappa shape index (κ2) is 8.27. The number of ether oxygens (including phenoxy) is 2. The largest absolute Gasteiger partial charge is 0.494 e. The van der Waals surface area contributed by atoms with Crippen LogP contribution in [0.1, 0.15) is 20.7 Å². The Bertz CT molecular complexity index is 950. The van der Waals surface area contributed by atoms with Gasteiger partial charge in [0.05, 0.1) is 12.7 Å². The molecule has 27 heavy (non-hydrogen) atoms. The van der Waals surface area contributed by atoms with Crippen LogP contribution in [0.3, 0.4) is 0 Å². The van der Waals surface area contributed by atoms with Crippen LogP contribution >= 0.6 is 0 Å². The van der Waals surface area contributed by atoms with E-state index in [-0.39, 0.29) is 11.3 Å². The van der Waals surface area contributed by atoms with Crippen LogP contribution in [0.2, 0.25) is 0 Å². The number of carbonyl (C=O) groups excluding carboxylic acids is 2. The maximum absolute atomic E-state index is 13.7. The molecule has 4 nitrogen and oxygen atoms in total. The molecule has 0 aliphatic heterocycles. The van der Waals surface area contributed by atoms with Crippen LogP contribution in [0.15, 0.2) is 72.8 Å². The van der Waals surface area contributed by atoms with Crippen molar-refractivity contribution in [3.05, 3.63) is 89.7 Å². The zero-order chi connectivity index (χ0) is 19.2. The molecule has 0 atom stereocenters. The highest BCUT2D eigenvalue weighted by Crippen LogP contribution is 2.20. The van der Waals surface area contributed by atoms with E-state index in [0.29, 0.717) is 5.56 Å². The van der Waals surface area contributed by atoms with Gasteiger partial charge in [0.25, 0.3) is 0 Å². The Morgan fingerprint density at radius 1 is 0.852 bits per heavy atom. The van der Waals surface area contributed by atoms with Crippen LogP contribution < -0.4 is 4.74 Å². The Hall–Kier alpha value is -3.47. The molecule has 0 aliphatic rings. The van der Waals surface area contributed by atoms with Crippen LogP contribution in [-0.2, 0) is 4.74 Å². The molecule has 3 rings (SSSR count). The van der Waals surface area contributed by atoms with E-state index in [1.165, 1.54) is 19.2 Å². The molecule has 0 aliphatic carbocycles. The molecule has 0 N–H and O–H groups in total. The van der Waals surface area contributed by atoms with E-state index in [1.54, 1.807) is 12.1 Å². The first-order chi connectivity index (χ1) is 13.1. The third-order valence-corrected chi connectivity index (χ3v) is 4.04. The summed E-state index contributed by atoms with van der Waals surface area (Å²) in [4.78, 5) is 24.2. The van der Waals surface area contributed by atoms with Gasteiger partial charge in [-0.3, -0.25) is 4.79 Å². The summed E-state index contributed by atoms with van der Waals surface area (Å²) in [6.45, 7) is -0.467. The smallest absolute Gasteiger partial charge is 0.338 e. The number of ketones is 1. The van der Waals surface area contributed by atoms with Gasteiger partial charge in [-0.1, -0.05) is 42.5 Å². The third-order valence-electron chi connectivity index (χ3n) is 4.04. The zero-order valence-electron chi connectivity index (χ0n) is 14.6. The lowest BCUT2D eigenvalue weighted by molar-refractivity contribution is 0.0474. The van der Waals surface area contributed by atoms with Crippen LogP contribution in [0.5, 0.6) is 5.75 Å². The predicted octanol–water partition coefficient (Wildman–Crippen LogP) is 4.54. The molecule has 0 fully saturated rings. The maximum atomic E-state index is 13.7. The highest BCUT2D eigenvalue weighted by molar-refractivity contribution is 5.99. The highest BCUT2D eigenvalue weighted by Gasteiger charge is 2.14. The monoisotopic (exact) mass is 364 g/mol. The van der Waals surface area contributed by atoms with E-state index in [0.717, 1.165) is 17.2 Å². The average molecular weight is 364 g/mol. The molecule has 0 radical (unpaired) electrons. The molecule has 0 heterocycles. The number of methoxy groups -OCH3 is 1. The van der Waals surface area contributed by atoms with Gasteiger partial charge in [0.2, 0.25) is 0 Å². The minimum absolute atomic E-state index is 0.0436. The summed E-state index contributed by atoms with van der Waals surface area (Å²) in [5, 5.41) is 0. The SMILES string of the molecule is COc1ccc(C(=O)COC(=O)c2ccc(-c3ccccc3)cc2)cc1F. The van der Waals surface area contributed by atoms with Crippen LogP contribution in [-0.4, -0.2) is 25.5 Å². The maximum Gasteiger partial charge on any atom is 0.338 e. The number of hydrogen-bond donors (Lipinski definition) is 0. The first-order valence-corrected chi connectivity index (χ1v) is 8.28. The molecule has 0 aromatic heterocycles. The highest BCUT2D eigenvalue weighted by atomic mass is 19.1. The summed E-state index contributed by atoms with van der Waals surface area (Å²) < 4.78 is 23.5. The first-order valence-electron chi connectivity index (χ1n) is 8.28. The average Bonchev–Trinajstić information content (AvgIpc) is 2.72. The van der Waals surface area contributed by atoms with Crippen molar-refractivity contribution < 1.29 is 23.5 Å². The Labute approximate surface area is 156 Å². The van der Waals surface area contributed by atoms with Crippen LogP contribution in [0.4, 0.5) is 4.39 Å². The summed E-state index contributed by atoms with van der Waals surface area (Å²) in [5.41, 5.74) is 2.45. The molecule has 0 spiro atoms. The standard InChI is InChI=1S/C22H17FO4/c1-26-21-12-11-18(13-19(21)23)20(24)14-27-22(25)17-9-7-16(8-10-17)15-5-3-2-4-6-15/h2-13H,14H2,1H3. The Kier molecular flexibility index (Phi) is 5.61. The lowest BCUT2D eigenvalue weighted by Crippen LogP contribution is -2.14. The van der Waals surface area contributed by atoms with Crippen molar-refractivity contribution in [2.45, 2.75) is 0 Å². The summed E-state index contributed by atoms with van der Waals surface area (Å²) in [5.74, 6) is -1.71. The summed E-state index contributed by atoms with van der Waals surface area (Å²) in [6, 6.07) is 20.5. The van der Waals surface area contributed by atoms with Gasteiger partial charge in [0.15, 0.2) is 24.0 Å². The van der Waals surface area contributed by atoms with E-state index in [2.05, 4.69) is 0 Å². The lowest BCUT2D eigenvalue weighted by Gasteiger charge is -2.07. The van der Waals surface area contributed by atoms with Crippen molar-refractivity contribution in [1.29, 1.82) is 0 Å². The van der Waals surface area contributed by atoms with Crippen molar-refractivity contribution >= 4 is 11.8 Å². The summed E-state index contributed by atoms with van der Waals surface area (Å²) in [7, 11) is 1.34. The second-order valence-electron chi connectivity index (χ2n) is 5.79. The molecule has 0 saturated carbocycles. The molecule has 0 bridgehead atoms. The molecular weight excluding hydrogens is 347 g/mol. The number of esters is 1. The summed E-state index contributed by atoms with van der Waals surface area (Å²) in [6.07, 6.45) is 0. The van der Waals surface area contributed by atoms with Crippen molar-refractivity contribution in [2.75, 3.05) is 13.7 Å². The number of Topliss-reactive ketones (excluding diaryl/α,β-unsaturated/α-hetero) is 1. The molecule has 136 valence electrons. The molecule has 0 amide bonds. The fraction of sp³-hybridized carbons (Fsp3) is 0.0909. The van der Waals surface area contributed by atoms with Gasteiger partial charge in [-0.2, -0.15) is 0 Å². The van der Waals surface area contributed by atoms with E-state index in [4.69, 9.17) is 9.47 Å². The zero-order valence-corrected chi connectivity index (χ0v) is 14.6. The number of rotatable bonds is 6. The number of halogens is 1. The third kappa shape index (κ3) is 4.39. The molecule has 0 unspecified atom stereocenters. The quantitative estimate of drug-likeness (QED) is 0.476. The van der Waals surface area contributed by atoms with Gasteiger partial charge >= 0.3 is 5.97 Å². The number of carbonyl (C=O) groups is 2. The Morgan fingerprint density at radius 3 is 2.11 bits per heavy atom. The molecule has 3 aromatic carbocycles. The predicted molar refractivity (Wildman–Crippen MR) is 99.4 cm³/mol. The summed E-state index contributed by atoms with van der Waals surface area (Å²) >= 11 is 0. The van der Waals surface area contributed by atoms with Crippen molar-refractivity contribution in [3.63, 3.8) is 0 Å². The van der Waals surface area contributed by atoms with Crippen LogP contribution in [0.25, 0.3) is 11.1 Å². The molecule has 3 aromatic rings. The molecule has 5 heteroatoms. The first kappa shape index (κ1) is 18.3. The van der Waals surface area contributed by atoms with Gasteiger partial charge in [-0.25, -0.2) is 9.18 Å². The Balaban J connectivity index is 1.62. The second-order valence-corrected chi connectivity index (χ2v) is 5.79. The van der Waals surface area contributed by atoms with Crippen molar-refractivity contribution in [3.8, 4) is 16.9 Å². The van der Waals surface area contributed by atoms with Gasteiger partial charge in [-0.05, 0) is 41.5 Å². The Morgan fingerprint density at radius 2 is 1.48 bits per heavy atom. The minimum Gasteiger partial charge on any atom is -0.494 e. The molecule has 0 saturated heterocycles. The lowest BCUT2D eigenvalue weighted by atomic mass is 10.0. The fourth-order valence-electron chi connectivity index (χ4n) is 2.57. The number of hydrogen-bond acceptors (Lipinski definition) is 4. The van der Waals surface area contributed by atoms with E-state index in [1.807, 2.05) is 42.5 Å². The fourth-order valence-corrected chi connectivity index (χ4v) is 2.57. The van der Waals surface area contributed by atoms with E-state index >= 15 is 0 Å². The minimum atomic E-state index is -0.647. The van der Waals surface area contributed by atoms with Gasteiger partial charge in [-0.15, -0.1) is 0 Å².